The van der Waals surface area contributed by atoms with E-state index >= 15 is 0 Å². The molecule has 10 heteroatoms. The van der Waals surface area contributed by atoms with Gasteiger partial charge in [0.2, 0.25) is 11.8 Å². The lowest BCUT2D eigenvalue weighted by molar-refractivity contribution is -0.134. The van der Waals surface area contributed by atoms with Crippen molar-refractivity contribution in [3.8, 4) is 0 Å². The Balaban J connectivity index is 2.64. The average molecular weight is 394 g/mol. The summed E-state index contributed by atoms with van der Waals surface area (Å²) in [5, 5.41) is 2.52. The maximum atomic E-state index is 12.2. The van der Waals surface area contributed by atoms with Crippen molar-refractivity contribution in [1.82, 2.24) is 14.8 Å². The van der Waals surface area contributed by atoms with Gasteiger partial charge in [-0.1, -0.05) is 0 Å². The summed E-state index contributed by atoms with van der Waals surface area (Å²) in [4.78, 5) is 54.2. The Morgan fingerprint density at radius 3 is 2.32 bits per heavy atom. The monoisotopic (exact) mass is 394 g/mol. The summed E-state index contributed by atoms with van der Waals surface area (Å²) in [6.45, 7) is 4.63. The van der Waals surface area contributed by atoms with E-state index in [4.69, 9.17) is 4.74 Å². The second-order valence-electron chi connectivity index (χ2n) is 7.05. The number of ether oxygens (including phenoxy) is 2. The number of rotatable bonds is 6. The van der Waals surface area contributed by atoms with Crippen LogP contribution in [0, 0.1) is 0 Å². The fourth-order valence-electron chi connectivity index (χ4n) is 2.00. The van der Waals surface area contributed by atoms with Crippen LogP contribution in [-0.4, -0.2) is 78.6 Å². The first kappa shape index (κ1) is 22.9. The lowest BCUT2D eigenvalue weighted by Crippen LogP contribution is -2.43. The molecule has 0 unspecified atom stereocenters. The first-order valence-corrected chi connectivity index (χ1v) is 8.45. The van der Waals surface area contributed by atoms with Gasteiger partial charge in [-0.2, -0.15) is 0 Å². The molecule has 0 saturated heterocycles. The highest BCUT2D eigenvalue weighted by atomic mass is 16.6. The summed E-state index contributed by atoms with van der Waals surface area (Å²) in [6.07, 6.45) is 2.06. The molecule has 0 saturated carbocycles. The van der Waals surface area contributed by atoms with Crippen molar-refractivity contribution in [3.63, 3.8) is 0 Å². The molecule has 0 aliphatic heterocycles. The van der Waals surface area contributed by atoms with Crippen LogP contribution in [0.3, 0.4) is 0 Å². The van der Waals surface area contributed by atoms with Crippen molar-refractivity contribution < 1.29 is 28.7 Å². The van der Waals surface area contributed by atoms with Crippen molar-refractivity contribution in [2.75, 3.05) is 39.6 Å². The van der Waals surface area contributed by atoms with Crippen molar-refractivity contribution in [3.05, 3.63) is 24.0 Å². The van der Waals surface area contributed by atoms with Gasteiger partial charge in [0.15, 0.2) is 0 Å². The quantitative estimate of drug-likeness (QED) is 0.719. The zero-order valence-corrected chi connectivity index (χ0v) is 16.9. The molecule has 1 N–H and O–H groups in total. The molecule has 0 fully saturated rings. The number of nitrogens with zero attached hydrogens (tertiary/aromatic N) is 3. The Morgan fingerprint density at radius 2 is 1.75 bits per heavy atom. The predicted molar refractivity (Wildman–Crippen MR) is 101 cm³/mol. The van der Waals surface area contributed by atoms with Crippen molar-refractivity contribution >= 4 is 29.6 Å². The van der Waals surface area contributed by atoms with E-state index in [9.17, 15) is 19.2 Å². The summed E-state index contributed by atoms with van der Waals surface area (Å²) in [5.41, 5.74) is -0.364. The van der Waals surface area contributed by atoms with Crippen LogP contribution < -0.4 is 5.32 Å². The summed E-state index contributed by atoms with van der Waals surface area (Å²) in [5.74, 6) is -1.61. The Bertz CT molecular complexity index is 744. The number of hydrogen-bond acceptors (Lipinski definition) is 7. The van der Waals surface area contributed by atoms with E-state index in [0.717, 1.165) is 9.80 Å². The number of carbonyl (C=O) groups is 4. The van der Waals surface area contributed by atoms with Gasteiger partial charge in [0.05, 0.1) is 31.1 Å². The van der Waals surface area contributed by atoms with E-state index in [1.807, 2.05) is 0 Å². The lowest BCUT2D eigenvalue weighted by Gasteiger charge is -2.25. The van der Waals surface area contributed by atoms with Crippen LogP contribution in [0.2, 0.25) is 0 Å². The molecular weight excluding hydrogens is 368 g/mol. The fourth-order valence-corrected chi connectivity index (χ4v) is 2.00. The van der Waals surface area contributed by atoms with Gasteiger partial charge in [-0.25, -0.2) is 9.59 Å². The van der Waals surface area contributed by atoms with E-state index < -0.39 is 29.5 Å². The standard InChI is InChI=1S/C18H26N4O6/c1-18(2,3)28-17(26)22(5)11-15(24)21(4)10-14(23)20-13-9-19-8-7-12(13)16(25)27-6/h7-9H,10-11H2,1-6H3,(H,20,23). The molecule has 0 aliphatic carbocycles. The third-order valence-corrected chi connectivity index (χ3v) is 3.38. The van der Waals surface area contributed by atoms with Crippen LogP contribution >= 0.6 is 0 Å². The van der Waals surface area contributed by atoms with Gasteiger partial charge in [-0.15, -0.1) is 0 Å². The fraction of sp³-hybridized carbons (Fsp3) is 0.500. The largest absolute Gasteiger partial charge is 0.465 e. The van der Waals surface area contributed by atoms with E-state index in [1.165, 1.54) is 39.7 Å². The third-order valence-electron chi connectivity index (χ3n) is 3.38. The summed E-state index contributed by atoms with van der Waals surface area (Å²) in [6, 6.07) is 1.41. The van der Waals surface area contributed by atoms with E-state index in [2.05, 4.69) is 15.0 Å². The number of amides is 3. The van der Waals surface area contributed by atoms with Gasteiger partial charge >= 0.3 is 12.1 Å². The molecule has 1 rings (SSSR count). The molecule has 0 atom stereocenters. The molecule has 28 heavy (non-hydrogen) atoms. The number of esters is 1. The number of nitrogens with one attached hydrogen (secondary N) is 1. The van der Waals surface area contributed by atoms with Crippen LogP contribution in [0.15, 0.2) is 18.5 Å². The second kappa shape index (κ2) is 9.67. The maximum Gasteiger partial charge on any atom is 0.410 e. The highest BCUT2D eigenvalue weighted by molar-refractivity contribution is 6.02. The second-order valence-corrected chi connectivity index (χ2v) is 7.05. The van der Waals surface area contributed by atoms with Gasteiger partial charge in [0.25, 0.3) is 0 Å². The molecule has 1 heterocycles. The SMILES string of the molecule is COC(=O)c1ccncc1NC(=O)CN(C)C(=O)CN(C)C(=O)OC(C)(C)C. The van der Waals surface area contributed by atoms with E-state index in [-0.39, 0.29) is 24.3 Å². The van der Waals surface area contributed by atoms with Crippen LogP contribution in [0.4, 0.5) is 10.5 Å². The van der Waals surface area contributed by atoms with Crippen LogP contribution in [-0.2, 0) is 19.1 Å². The minimum atomic E-state index is -0.679. The Morgan fingerprint density at radius 1 is 1.11 bits per heavy atom. The van der Waals surface area contributed by atoms with Gasteiger partial charge in [0.1, 0.15) is 12.1 Å². The van der Waals surface area contributed by atoms with E-state index in [0.29, 0.717) is 0 Å². The number of pyridine rings is 1. The minimum absolute atomic E-state index is 0.143. The zero-order chi connectivity index (χ0) is 21.5. The number of anilines is 1. The number of methoxy groups -OCH3 is 1. The number of carbonyl (C=O) groups excluding carboxylic acids is 4. The lowest BCUT2D eigenvalue weighted by atomic mass is 10.2. The van der Waals surface area contributed by atoms with E-state index in [1.54, 1.807) is 20.8 Å². The minimum Gasteiger partial charge on any atom is -0.465 e. The molecule has 10 nitrogen and oxygen atoms in total. The van der Waals surface area contributed by atoms with Gasteiger partial charge in [0, 0.05) is 20.3 Å². The maximum absolute atomic E-state index is 12.2. The van der Waals surface area contributed by atoms with Gasteiger partial charge in [-0.3, -0.25) is 14.6 Å². The third kappa shape index (κ3) is 7.22. The Hall–Kier alpha value is -3.17. The smallest absolute Gasteiger partial charge is 0.410 e. The number of hydrogen-bond donors (Lipinski definition) is 1. The number of aromatic nitrogens is 1. The zero-order valence-electron chi connectivity index (χ0n) is 16.9. The Kier molecular flexibility index (Phi) is 7.90. The molecule has 0 spiro atoms. The molecule has 1 aromatic rings. The first-order valence-electron chi connectivity index (χ1n) is 8.45. The molecule has 1 aromatic heterocycles. The van der Waals surface area contributed by atoms with Crippen LogP contribution in [0.1, 0.15) is 31.1 Å². The highest BCUT2D eigenvalue weighted by Crippen LogP contribution is 2.14. The van der Waals surface area contributed by atoms with Crippen LogP contribution in [0.25, 0.3) is 0 Å². The summed E-state index contributed by atoms with van der Waals surface area (Å²) >= 11 is 0. The molecule has 154 valence electrons. The highest BCUT2D eigenvalue weighted by Gasteiger charge is 2.23. The molecule has 0 aromatic carbocycles. The topological polar surface area (TPSA) is 118 Å². The molecule has 0 aliphatic rings. The van der Waals surface area contributed by atoms with Crippen LogP contribution in [0.5, 0.6) is 0 Å². The summed E-state index contributed by atoms with van der Waals surface area (Å²) < 4.78 is 9.82. The molecule has 3 amide bonds. The molecule has 0 bridgehead atoms. The van der Waals surface area contributed by atoms with Gasteiger partial charge in [-0.05, 0) is 26.8 Å². The number of likely N-dealkylation sites (N-methyl/N-ethyl adjacent to an activating group) is 2. The predicted octanol–water partition coefficient (Wildman–Crippen LogP) is 1.13. The Labute approximate surface area is 163 Å². The molecule has 0 radical (unpaired) electrons. The van der Waals surface area contributed by atoms with Crippen molar-refractivity contribution in [2.45, 2.75) is 26.4 Å². The van der Waals surface area contributed by atoms with Crippen molar-refractivity contribution in [2.24, 2.45) is 0 Å². The average Bonchev–Trinajstić information content (AvgIpc) is 2.59. The molecular formula is C18H26N4O6. The van der Waals surface area contributed by atoms with Gasteiger partial charge < -0.3 is 24.6 Å². The summed E-state index contributed by atoms with van der Waals surface area (Å²) in [7, 11) is 4.08. The van der Waals surface area contributed by atoms with Crippen molar-refractivity contribution in [1.29, 1.82) is 0 Å². The normalized spacial score (nSPS) is 10.6. The first-order chi connectivity index (χ1) is 12.9.